The standard InChI is InChI=1S/C13H24N2O3S/c1-2-15(12-7-8-19(17,18)10-12)13(16)9-14-11-5-3-4-6-11/h11-12,14H,2-10H2,1H3. The van der Waals surface area contributed by atoms with Crippen LogP contribution in [0.5, 0.6) is 0 Å². The van der Waals surface area contributed by atoms with Crippen molar-refractivity contribution < 1.29 is 13.2 Å². The third-order valence-corrected chi connectivity index (χ3v) is 5.96. The zero-order valence-electron chi connectivity index (χ0n) is 11.6. The molecule has 1 N–H and O–H groups in total. The summed E-state index contributed by atoms with van der Waals surface area (Å²) in [7, 11) is -2.93. The molecule has 0 bridgehead atoms. The number of rotatable bonds is 5. The Bertz CT molecular complexity index is 416. The zero-order valence-corrected chi connectivity index (χ0v) is 12.4. The summed E-state index contributed by atoms with van der Waals surface area (Å²) in [4.78, 5) is 13.9. The van der Waals surface area contributed by atoms with Crippen molar-refractivity contribution in [3.63, 3.8) is 0 Å². The molecule has 2 rings (SSSR count). The van der Waals surface area contributed by atoms with Gasteiger partial charge in [-0.15, -0.1) is 0 Å². The molecule has 2 aliphatic rings. The van der Waals surface area contributed by atoms with Crippen molar-refractivity contribution in [1.82, 2.24) is 10.2 Å². The first kappa shape index (κ1) is 14.8. The molecule has 1 saturated carbocycles. The van der Waals surface area contributed by atoms with Crippen LogP contribution < -0.4 is 5.32 Å². The molecule has 19 heavy (non-hydrogen) atoms. The summed E-state index contributed by atoms with van der Waals surface area (Å²) in [5.41, 5.74) is 0. The number of amides is 1. The Kier molecular flexibility index (Phi) is 4.84. The smallest absolute Gasteiger partial charge is 0.236 e. The van der Waals surface area contributed by atoms with Crippen LogP contribution >= 0.6 is 0 Å². The van der Waals surface area contributed by atoms with Gasteiger partial charge in [0.1, 0.15) is 0 Å². The van der Waals surface area contributed by atoms with Gasteiger partial charge in [-0.1, -0.05) is 12.8 Å². The van der Waals surface area contributed by atoms with Crippen molar-refractivity contribution in [2.24, 2.45) is 0 Å². The van der Waals surface area contributed by atoms with Crippen LogP contribution in [0.2, 0.25) is 0 Å². The second-order valence-corrected chi connectivity index (χ2v) is 7.83. The van der Waals surface area contributed by atoms with Crippen LogP contribution in [0.1, 0.15) is 39.0 Å². The molecule has 6 heteroatoms. The van der Waals surface area contributed by atoms with Gasteiger partial charge in [-0.05, 0) is 26.2 Å². The van der Waals surface area contributed by atoms with E-state index in [-0.39, 0.29) is 23.5 Å². The van der Waals surface area contributed by atoms with Crippen molar-refractivity contribution >= 4 is 15.7 Å². The summed E-state index contributed by atoms with van der Waals surface area (Å²) >= 11 is 0. The lowest BCUT2D eigenvalue weighted by Gasteiger charge is -2.27. The number of sulfone groups is 1. The maximum Gasteiger partial charge on any atom is 0.236 e. The molecule has 2 fully saturated rings. The predicted octanol–water partition coefficient (Wildman–Crippen LogP) is 0.554. The number of carbonyl (C=O) groups excluding carboxylic acids is 1. The number of likely N-dealkylation sites (N-methyl/N-ethyl adjacent to an activating group) is 1. The molecular formula is C13H24N2O3S. The number of carbonyl (C=O) groups is 1. The Morgan fingerprint density at radius 2 is 1.95 bits per heavy atom. The van der Waals surface area contributed by atoms with Gasteiger partial charge in [0.25, 0.3) is 0 Å². The summed E-state index contributed by atoms with van der Waals surface area (Å²) in [6.07, 6.45) is 5.37. The predicted molar refractivity (Wildman–Crippen MR) is 74.7 cm³/mol. The summed E-state index contributed by atoms with van der Waals surface area (Å²) in [5.74, 6) is 0.393. The highest BCUT2D eigenvalue weighted by Crippen LogP contribution is 2.19. The number of nitrogens with one attached hydrogen (secondary N) is 1. The Morgan fingerprint density at radius 3 is 2.47 bits per heavy atom. The summed E-state index contributed by atoms with van der Waals surface area (Å²) in [5, 5.41) is 3.30. The van der Waals surface area contributed by atoms with Crippen molar-refractivity contribution in [3.05, 3.63) is 0 Å². The van der Waals surface area contributed by atoms with Gasteiger partial charge in [0.2, 0.25) is 5.91 Å². The van der Waals surface area contributed by atoms with Gasteiger partial charge < -0.3 is 10.2 Å². The van der Waals surface area contributed by atoms with E-state index in [0.29, 0.717) is 25.6 Å². The lowest BCUT2D eigenvalue weighted by atomic mass is 10.2. The third-order valence-electron chi connectivity index (χ3n) is 4.21. The Hall–Kier alpha value is -0.620. The Labute approximate surface area is 115 Å². The van der Waals surface area contributed by atoms with Crippen LogP contribution in [0.15, 0.2) is 0 Å². The molecule has 0 aromatic heterocycles. The number of hydrogen-bond donors (Lipinski definition) is 1. The van der Waals surface area contributed by atoms with Crippen LogP contribution in [0.3, 0.4) is 0 Å². The second-order valence-electron chi connectivity index (χ2n) is 5.60. The fourth-order valence-electron chi connectivity index (χ4n) is 3.12. The molecule has 5 nitrogen and oxygen atoms in total. The molecule has 1 atom stereocenters. The molecule has 110 valence electrons. The van der Waals surface area contributed by atoms with E-state index in [1.807, 2.05) is 6.92 Å². The van der Waals surface area contributed by atoms with Crippen LogP contribution in [-0.2, 0) is 14.6 Å². The topological polar surface area (TPSA) is 66.5 Å². The van der Waals surface area contributed by atoms with Crippen LogP contribution in [0.25, 0.3) is 0 Å². The Balaban J connectivity index is 1.84. The van der Waals surface area contributed by atoms with Crippen LogP contribution in [0.4, 0.5) is 0 Å². The summed E-state index contributed by atoms with van der Waals surface area (Å²) in [6, 6.07) is 0.350. The molecule has 1 aliphatic carbocycles. The highest BCUT2D eigenvalue weighted by Gasteiger charge is 2.33. The minimum Gasteiger partial charge on any atom is -0.338 e. The minimum absolute atomic E-state index is 0.0384. The lowest BCUT2D eigenvalue weighted by molar-refractivity contribution is -0.132. The molecule has 1 saturated heterocycles. The quantitative estimate of drug-likeness (QED) is 0.802. The molecule has 0 spiro atoms. The molecular weight excluding hydrogens is 264 g/mol. The highest BCUT2D eigenvalue weighted by atomic mass is 32.2. The van der Waals surface area contributed by atoms with Gasteiger partial charge in [-0.3, -0.25) is 4.79 Å². The second kappa shape index (κ2) is 6.22. The van der Waals surface area contributed by atoms with E-state index in [0.717, 1.165) is 12.8 Å². The first-order chi connectivity index (χ1) is 9.02. The summed E-state index contributed by atoms with van der Waals surface area (Å²) in [6.45, 7) is 2.85. The largest absolute Gasteiger partial charge is 0.338 e. The average molecular weight is 288 g/mol. The Morgan fingerprint density at radius 1 is 1.26 bits per heavy atom. The van der Waals surface area contributed by atoms with E-state index in [2.05, 4.69) is 5.32 Å². The van der Waals surface area contributed by atoms with Crippen molar-refractivity contribution in [1.29, 1.82) is 0 Å². The van der Waals surface area contributed by atoms with Gasteiger partial charge in [-0.2, -0.15) is 0 Å². The van der Waals surface area contributed by atoms with E-state index >= 15 is 0 Å². The van der Waals surface area contributed by atoms with Crippen LogP contribution in [-0.4, -0.2) is 55.9 Å². The van der Waals surface area contributed by atoms with Crippen molar-refractivity contribution in [3.8, 4) is 0 Å². The van der Waals surface area contributed by atoms with Gasteiger partial charge in [0.15, 0.2) is 9.84 Å². The molecule has 0 aromatic rings. The lowest BCUT2D eigenvalue weighted by Crippen LogP contribution is -2.46. The zero-order chi connectivity index (χ0) is 13.9. The van der Waals surface area contributed by atoms with E-state index in [1.54, 1.807) is 4.90 Å². The van der Waals surface area contributed by atoms with E-state index in [1.165, 1.54) is 12.8 Å². The first-order valence-corrected chi connectivity index (χ1v) is 9.07. The number of hydrogen-bond acceptors (Lipinski definition) is 4. The fourth-order valence-corrected chi connectivity index (χ4v) is 4.85. The normalized spacial score (nSPS) is 26.7. The molecule has 0 radical (unpaired) electrons. The minimum atomic E-state index is -2.93. The third kappa shape index (κ3) is 3.92. The fraction of sp³-hybridized carbons (Fsp3) is 0.923. The molecule has 1 heterocycles. The van der Waals surface area contributed by atoms with E-state index in [4.69, 9.17) is 0 Å². The van der Waals surface area contributed by atoms with Crippen molar-refractivity contribution in [2.75, 3.05) is 24.6 Å². The van der Waals surface area contributed by atoms with Gasteiger partial charge in [0, 0.05) is 18.6 Å². The van der Waals surface area contributed by atoms with E-state index in [9.17, 15) is 13.2 Å². The maximum absolute atomic E-state index is 12.2. The maximum atomic E-state index is 12.2. The molecule has 1 amide bonds. The molecule has 1 unspecified atom stereocenters. The van der Waals surface area contributed by atoms with E-state index < -0.39 is 9.84 Å². The van der Waals surface area contributed by atoms with Crippen molar-refractivity contribution in [2.45, 2.75) is 51.1 Å². The summed E-state index contributed by atoms with van der Waals surface area (Å²) < 4.78 is 23.0. The molecule has 1 aliphatic heterocycles. The number of nitrogens with zero attached hydrogens (tertiary/aromatic N) is 1. The molecule has 0 aromatic carbocycles. The van der Waals surface area contributed by atoms with Gasteiger partial charge in [0.05, 0.1) is 18.1 Å². The first-order valence-electron chi connectivity index (χ1n) is 7.25. The van der Waals surface area contributed by atoms with Crippen LogP contribution in [0, 0.1) is 0 Å². The monoisotopic (exact) mass is 288 g/mol. The SMILES string of the molecule is CCN(C(=O)CNC1CCCC1)C1CCS(=O)(=O)C1. The van der Waals surface area contributed by atoms with Gasteiger partial charge >= 0.3 is 0 Å². The average Bonchev–Trinajstić information content (AvgIpc) is 2.97. The van der Waals surface area contributed by atoms with Gasteiger partial charge in [-0.25, -0.2) is 8.42 Å². The highest BCUT2D eigenvalue weighted by molar-refractivity contribution is 7.91.